The molecule has 0 fully saturated rings. The lowest BCUT2D eigenvalue weighted by Crippen LogP contribution is -2.29. The van der Waals surface area contributed by atoms with Crippen LogP contribution < -0.4 is 10.6 Å². The van der Waals surface area contributed by atoms with Crippen LogP contribution in [0.3, 0.4) is 0 Å². The van der Waals surface area contributed by atoms with Gasteiger partial charge < -0.3 is 14.9 Å². The number of aromatic nitrogens is 3. The average molecular weight is 349 g/mol. The van der Waals surface area contributed by atoms with Gasteiger partial charge >= 0.3 is 5.69 Å². The number of H-pyrrole nitrogens is 2. The number of nitrogens with one attached hydrogen (secondary N) is 2. The first-order chi connectivity index (χ1) is 11.0. The van der Waals surface area contributed by atoms with E-state index in [1.165, 1.54) is 6.07 Å². The Hall–Kier alpha value is -2.31. The number of anilines is 1. The third kappa shape index (κ3) is 2.22. The number of hydrogen-bond donors (Lipinski definition) is 2. The van der Waals surface area contributed by atoms with Crippen molar-refractivity contribution in [2.45, 2.75) is 6.42 Å². The van der Waals surface area contributed by atoms with Crippen molar-refractivity contribution >= 4 is 45.8 Å². The van der Waals surface area contributed by atoms with Gasteiger partial charge in [-0.15, -0.1) is 0 Å². The van der Waals surface area contributed by atoms with E-state index in [2.05, 4.69) is 15.0 Å². The zero-order valence-corrected chi connectivity index (χ0v) is 13.2. The molecular weight excluding hydrogens is 339 g/mol. The highest BCUT2D eigenvalue weighted by Crippen LogP contribution is 2.35. The molecule has 1 aromatic carbocycles. The van der Waals surface area contributed by atoms with Crippen LogP contribution in [0.25, 0.3) is 11.0 Å². The van der Waals surface area contributed by atoms with Gasteiger partial charge in [0.05, 0.1) is 32.5 Å². The summed E-state index contributed by atoms with van der Waals surface area (Å²) in [5.41, 5.74) is 2.42. The van der Waals surface area contributed by atoms with Gasteiger partial charge in [0, 0.05) is 24.7 Å². The predicted molar refractivity (Wildman–Crippen MR) is 88.6 cm³/mol. The summed E-state index contributed by atoms with van der Waals surface area (Å²) in [4.78, 5) is 35.3. The molecule has 1 aliphatic heterocycles. The van der Waals surface area contributed by atoms with Gasteiger partial charge in [-0.05, 0) is 18.2 Å². The van der Waals surface area contributed by atoms with Crippen molar-refractivity contribution in [2.24, 2.45) is 0 Å². The summed E-state index contributed by atoms with van der Waals surface area (Å²) in [6.07, 6.45) is 2.28. The highest BCUT2D eigenvalue weighted by Gasteiger charge is 2.29. The molecule has 116 valence electrons. The molecule has 0 saturated carbocycles. The zero-order chi connectivity index (χ0) is 16.1. The number of aromatic amines is 2. The number of carbonyl (C=O) groups is 1. The van der Waals surface area contributed by atoms with Crippen molar-refractivity contribution in [3.63, 3.8) is 0 Å². The number of carbonyl (C=O) groups excluding carboxylic acids is 1. The third-order valence-corrected chi connectivity index (χ3v) is 4.47. The normalized spacial score (nSPS) is 13.6. The highest BCUT2D eigenvalue weighted by molar-refractivity contribution is 6.36. The molecule has 1 amide bonds. The number of hydrogen-bond acceptors (Lipinski definition) is 3. The molecule has 2 N–H and O–H groups in total. The Morgan fingerprint density at radius 2 is 2.04 bits per heavy atom. The summed E-state index contributed by atoms with van der Waals surface area (Å²) in [6.45, 7) is 0.504. The monoisotopic (exact) mass is 348 g/mol. The molecule has 6 nitrogen and oxygen atoms in total. The molecule has 0 unspecified atom stereocenters. The quantitative estimate of drug-likeness (QED) is 0.709. The Kier molecular flexibility index (Phi) is 3.18. The Bertz CT molecular complexity index is 1010. The van der Waals surface area contributed by atoms with Crippen LogP contribution in [0.15, 0.2) is 29.2 Å². The summed E-state index contributed by atoms with van der Waals surface area (Å²) in [5, 5.41) is 0.795. The van der Waals surface area contributed by atoms with Crippen LogP contribution >= 0.6 is 23.2 Å². The van der Waals surface area contributed by atoms with Crippen LogP contribution in [-0.2, 0) is 6.42 Å². The minimum Gasteiger partial charge on any atom is -0.306 e. The molecule has 3 heterocycles. The van der Waals surface area contributed by atoms with E-state index in [1.807, 2.05) is 0 Å². The largest absolute Gasteiger partial charge is 0.323 e. The molecule has 2 aromatic heterocycles. The third-order valence-electron chi connectivity index (χ3n) is 3.86. The molecule has 0 aliphatic carbocycles. The number of halogens is 2. The maximum atomic E-state index is 12.8. The van der Waals surface area contributed by atoms with Crippen LogP contribution in [0, 0.1) is 0 Å². The van der Waals surface area contributed by atoms with Crippen LogP contribution in [0.5, 0.6) is 0 Å². The second-order valence-corrected chi connectivity index (χ2v) is 6.07. The number of rotatable bonds is 1. The Morgan fingerprint density at radius 3 is 2.87 bits per heavy atom. The minimum atomic E-state index is -0.370. The van der Waals surface area contributed by atoms with Crippen LogP contribution in [0.2, 0.25) is 10.0 Å². The maximum Gasteiger partial charge on any atom is 0.323 e. The van der Waals surface area contributed by atoms with E-state index in [0.717, 1.165) is 5.69 Å². The summed E-state index contributed by atoms with van der Waals surface area (Å²) >= 11 is 12.4. The zero-order valence-electron chi connectivity index (χ0n) is 11.7. The first-order valence-electron chi connectivity index (χ1n) is 6.91. The smallest absolute Gasteiger partial charge is 0.306 e. The van der Waals surface area contributed by atoms with Gasteiger partial charge in [-0.2, -0.15) is 0 Å². The van der Waals surface area contributed by atoms with Crippen LogP contribution in [0.4, 0.5) is 5.69 Å². The van der Waals surface area contributed by atoms with Crippen molar-refractivity contribution < 1.29 is 4.79 Å². The topological polar surface area (TPSA) is 81.8 Å². The lowest BCUT2D eigenvalue weighted by Gasteiger charge is -2.18. The number of imidazole rings is 1. The number of nitrogens with zero attached hydrogens (tertiary/aromatic N) is 2. The fourth-order valence-electron chi connectivity index (χ4n) is 2.85. The van der Waals surface area contributed by atoms with Gasteiger partial charge in [-0.25, -0.2) is 4.79 Å². The highest BCUT2D eigenvalue weighted by atomic mass is 35.5. The minimum absolute atomic E-state index is 0.232. The standard InChI is InChI=1S/C15H10Cl2N4O2/c16-8-1-3-18-10-2-4-21(13(8)10)14(22)7-5-9(17)12-11(6-7)19-15(23)20-12/h1,3,5-6H,2,4H2,(H2,19,20,23). The van der Waals surface area contributed by atoms with E-state index in [-0.39, 0.29) is 11.6 Å². The Labute approximate surface area is 140 Å². The van der Waals surface area contributed by atoms with Gasteiger partial charge in [-0.1, -0.05) is 23.2 Å². The van der Waals surface area contributed by atoms with Crippen molar-refractivity contribution in [1.29, 1.82) is 0 Å². The van der Waals surface area contributed by atoms with Crippen molar-refractivity contribution in [3.8, 4) is 0 Å². The molecule has 4 rings (SSSR count). The maximum absolute atomic E-state index is 12.8. The Morgan fingerprint density at radius 1 is 1.22 bits per heavy atom. The SMILES string of the molecule is O=C(c1cc(Cl)c2[nH]c(=O)[nH]c2c1)N1CCc2nccc(Cl)c21. The van der Waals surface area contributed by atoms with E-state index in [4.69, 9.17) is 23.2 Å². The van der Waals surface area contributed by atoms with Gasteiger partial charge in [0.1, 0.15) is 0 Å². The lowest BCUT2D eigenvalue weighted by atomic mass is 10.1. The van der Waals surface area contributed by atoms with E-state index in [0.29, 0.717) is 45.3 Å². The molecule has 0 bridgehead atoms. The van der Waals surface area contributed by atoms with Gasteiger partial charge in [0.15, 0.2) is 0 Å². The van der Waals surface area contributed by atoms with Crippen molar-refractivity contribution in [3.05, 3.63) is 56.2 Å². The van der Waals surface area contributed by atoms with E-state index >= 15 is 0 Å². The molecule has 23 heavy (non-hydrogen) atoms. The summed E-state index contributed by atoms with van der Waals surface area (Å²) < 4.78 is 0. The number of fused-ring (bicyclic) bond motifs is 2. The first-order valence-corrected chi connectivity index (χ1v) is 7.67. The summed E-state index contributed by atoms with van der Waals surface area (Å²) in [5.74, 6) is -0.232. The van der Waals surface area contributed by atoms with E-state index in [1.54, 1.807) is 23.2 Å². The predicted octanol–water partition coefficient (Wildman–Crippen LogP) is 2.76. The van der Waals surface area contributed by atoms with Crippen LogP contribution in [0.1, 0.15) is 16.1 Å². The molecule has 0 saturated heterocycles. The van der Waals surface area contributed by atoms with Crippen molar-refractivity contribution in [2.75, 3.05) is 11.4 Å². The molecule has 1 aliphatic rings. The molecule has 8 heteroatoms. The molecule has 0 spiro atoms. The first kappa shape index (κ1) is 14.3. The number of benzene rings is 1. The molecule has 0 atom stereocenters. The second kappa shape index (κ2) is 5.11. The van der Waals surface area contributed by atoms with Gasteiger partial charge in [0.2, 0.25) is 0 Å². The van der Waals surface area contributed by atoms with Crippen LogP contribution in [-0.4, -0.2) is 27.4 Å². The molecule has 0 radical (unpaired) electrons. The van der Waals surface area contributed by atoms with Crippen molar-refractivity contribution in [1.82, 2.24) is 15.0 Å². The summed E-state index contributed by atoms with van der Waals surface area (Å²) in [7, 11) is 0. The van der Waals surface area contributed by atoms with Gasteiger partial charge in [-0.3, -0.25) is 9.78 Å². The number of pyridine rings is 1. The molecular formula is C15H10Cl2N4O2. The van der Waals surface area contributed by atoms with E-state index < -0.39 is 0 Å². The number of amides is 1. The Balaban J connectivity index is 1.81. The lowest BCUT2D eigenvalue weighted by molar-refractivity contribution is 0.0989. The fourth-order valence-corrected chi connectivity index (χ4v) is 3.38. The van der Waals surface area contributed by atoms with Gasteiger partial charge in [0.25, 0.3) is 5.91 Å². The fraction of sp³-hybridized carbons (Fsp3) is 0.133. The summed E-state index contributed by atoms with van der Waals surface area (Å²) in [6, 6.07) is 4.80. The average Bonchev–Trinajstić information content (AvgIpc) is 3.10. The van der Waals surface area contributed by atoms with E-state index in [9.17, 15) is 9.59 Å². The molecule has 3 aromatic rings. The second-order valence-electron chi connectivity index (χ2n) is 5.25.